The number of carbonyl (C=O) groups is 1. The number of carboxylic acid groups (broad SMARTS) is 1. The number of aromatic nitrogens is 3. The lowest BCUT2D eigenvalue weighted by Gasteiger charge is -2.07. The first-order valence-electron chi connectivity index (χ1n) is 6.44. The van der Waals surface area contributed by atoms with Crippen molar-refractivity contribution < 1.29 is 14.8 Å². The van der Waals surface area contributed by atoms with Gasteiger partial charge in [0.15, 0.2) is 0 Å². The number of carboxylic acids is 1. The van der Waals surface area contributed by atoms with E-state index in [0.29, 0.717) is 24.2 Å². The molecule has 0 saturated heterocycles. The van der Waals surface area contributed by atoms with Gasteiger partial charge in [0.1, 0.15) is 17.0 Å². The molecular weight excluding hydrogens is 276 g/mol. The number of hydrogen-bond donors (Lipinski definition) is 1. The molecule has 1 N–H and O–H groups in total. The van der Waals surface area contributed by atoms with Gasteiger partial charge < -0.3 is 5.11 Å². The summed E-state index contributed by atoms with van der Waals surface area (Å²) in [5.74, 6) is -1.16. The molecule has 21 heavy (non-hydrogen) atoms. The number of rotatable bonds is 5. The van der Waals surface area contributed by atoms with Gasteiger partial charge >= 0.3 is 11.7 Å². The van der Waals surface area contributed by atoms with E-state index in [2.05, 4.69) is 10.1 Å². The van der Waals surface area contributed by atoms with Crippen molar-refractivity contribution in [1.29, 1.82) is 0 Å². The molecule has 8 nitrogen and oxygen atoms in total. The van der Waals surface area contributed by atoms with Gasteiger partial charge in [-0.25, -0.2) is 9.48 Å². The normalized spacial score (nSPS) is 10.6. The van der Waals surface area contributed by atoms with Crippen molar-refractivity contribution in [3.63, 3.8) is 0 Å². The number of nitro groups is 1. The fraction of sp³-hybridized carbons (Fsp3) is 0.308. The highest BCUT2D eigenvalue weighted by Gasteiger charge is 2.27. The molecule has 0 unspecified atom stereocenters. The quantitative estimate of drug-likeness (QED) is 0.666. The fourth-order valence-electron chi connectivity index (χ4n) is 2.20. The molecule has 0 spiro atoms. The SMILES string of the molecule is CCc1nn(-c2ccncc2C(=O)O)c(CC)c1[N+](=O)[O-]. The molecule has 0 saturated carbocycles. The molecule has 0 aromatic carbocycles. The van der Waals surface area contributed by atoms with E-state index in [1.54, 1.807) is 13.8 Å². The van der Waals surface area contributed by atoms with Gasteiger partial charge in [0.2, 0.25) is 0 Å². The maximum absolute atomic E-state index is 11.3. The molecule has 0 fully saturated rings. The van der Waals surface area contributed by atoms with Crippen LogP contribution in [0.1, 0.15) is 35.6 Å². The van der Waals surface area contributed by atoms with Gasteiger partial charge in [0.25, 0.3) is 0 Å². The minimum atomic E-state index is -1.16. The van der Waals surface area contributed by atoms with E-state index < -0.39 is 10.9 Å². The lowest BCUT2D eigenvalue weighted by molar-refractivity contribution is -0.386. The summed E-state index contributed by atoms with van der Waals surface area (Å²) in [5.41, 5.74) is 0.896. The first kappa shape index (κ1) is 14.6. The highest BCUT2D eigenvalue weighted by Crippen LogP contribution is 2.28. The number of aromatic carboxylic acids is 1. The lowest BCUT2D eigenvalue weighted by Crippen LogP contribution is -2.10. The van der Waals surface area contributed by atoms with Crippen molar-refractivity contribution in [2.45, 2.75) is 26.7 Å². The number of hydrogen-bond acceptors (Lipinski definition) is 5. The van der Waals surface area contributed by atoms with Gasteiger partial charge in [-0.1, -0.05) is 13.8 Å². The van der Waals surface area contributed by atoms with Crippen LogP contribution in [0.25, 0.3) is 5.69 Å². The summed E-state index contributed by atoms with van der Waals surface area (Å²) in [5, 5.41) is 24.7. The Hall–Kier alpha value is -2.77. The van der Waals surface area contributed by atoms with E-state index in [0.717, 1.165) is 0 Å². The lowest BCUT2D eigenvalue weighted by atomic mass is 10.2. The zero-order chi connectivity index (χ0) is 15.6. The Balaban J connectivity index is 2.76. The average Bonchev–Trinajstić information content (AvgIpc) is 2.85. The highest BCUT2D eigenvalue weighted by atomic mass is 16.6. The first-order chi connectivity index (χ1) is 10.0. The smallest absolute Gasteiger partial charge is 0.339 e. The standard InChI is InChI=1S/C13H14N4O4/c1-3-9-12(17(20)21)10(4-2)16(15-9)11-5-6-14-7-8(11)13(18)19/h5-7H,3-4H2,1-2H3,(H,18,19). The minimum absolute atomic E-state index is 0.0480. The monoisotopic (exact) mass is 290 g/mol. The molecule has 0 aliphatic heterocycles. The van der Waals surface area contributed by atoms with E-state index in [4.69, 9.17) is 0 Å². The Morgan fingerprint density at radius 1 is 1.43 bits per heavy atom. The zero-order valence-corrected chi connectivity index (χ0v) is 11.6. The van der Waals surface area contributed by atoms with Crippen LogP contribution in [0.5, 0.6) is 0 Å². The molecule has 0 atom stereocenters. The molecule has 0 aliphatic carbocycles. The summed E-state index contributed by atoms with van der Waals surface area (Å²) in [7, 11) is 0. The second-order valence-electron chi connectivity index (χ2n) is 4.32. The van der Waals surface area contributed by atoms with E-state index in [-0.39, 0.29) is 16.9 Å². The van der Waals surface area contributed by atoms with Crippen molar-refractivity contribution in [3.05, 3.63) is 45.5 Å². The van der Waals surface area contributed by atoms with Gasteiger partial charge in [-0.15, -0.1) is 0 Å². The average molecular weight is 290 g/mol. The van der Waals surface area contributed by atoms with Crippen LogP contribution in [0.15, 0.2) is 18.5 Å². The Kier molecular flexibility index (Phi) is 3.97. The van der Waals surface area contributed by atoms with Crippen molar-refractivity contribution >= 4 is 11.7 Å². The summed E-state index contributed by atoms with van der Waals surface area (Å²) >= 11 is 0. The summed E-state index contributed by atoms with van der Waals surface area (Å²) in [6, 6.07) is 1.48. The molecule has 2 aromatic rings. The predicted octanol–water partition coefficient (Wildman–Crippen LogP) is 2.00. The van der Waals surface area contributed by atoms with Gasteiger partial charge in [-0.05, 0) is 18.9 Å². The molecule has 2 aromatic heterocycles. The third kappa shape index (κ3) is 2.47. The third-order valence-electron chi connectivity index (χ3n) is 3.13. The Morgan fingerprint density at radius 2 is 2.14 bits per heavy atom. The van der Waals surface area contributed by atoms with Crippen LogP contribution in [0.2, 0.25) is 0 Å². The topological polar surface area (TPSA) is 111 Å². The maximum Gasteiger partial charge on any atom is 0.339 e. The van der Waals surface area contributed by atoms with E-state index >= 15 is 0 Å². The first-order valence-corrected chi connectivity index (χ1v) is 6.44. The van der Waals surface area contributed by atoms with Crippen molar-refractivity contribution in [2.75, 3.05) is 0 Å². The second-order valence-corrected chi connectivity index (χ2v) is 4.32. The van der Waals surface area contributed by atoms with Crippen LogP contribution in [-0.2, 0) is 12.8 Å². The van der Waals surface area contributed by atoms with E-state index in [1.165, 1.54) is 23.1 Å². The largest absolute Gasteiger partial charge is 0.478 e. The number of pyridine rings is 1. The molecule has 0 amide bonds. The van der Waals surface area contributed by atoms with E-state index in [9.17, 15) is 20.0 Å². The Bertz CT molecular complexity index is 708. The minimum Gasteiger partial charge on any atom is -0.478 e. The predicted molar refractivity (Wildman–Crippen MR) is 73.7 cm³/mol. The van der Waals surface area contributed by atoms with Gasteiger partial charge in [-0.2, -0.15) is 5.10 Å². The number of aryl methyl sites for hydroxylation is 1. The van der Waals surface area contributed by atoms with Crippen LogP contribution in [0, 0.1) is 10.1 Å². The maximum atomic E-state index is 11.3. The molecule has 0 aliphatic rings. The summed E-state index contributed by atoms with van der Waals surface area (Å²) in [6.07, 6.45) is 3.39. The zero-order valence-electron chi connectivity index (χ0n) is 11.6. The van der Waals surface area contributed by atoms with Crippen molar-refractivity contribution in [2.24, 2.45) is 0 Å². The summed E-state index contributed by atoms with van der Waals surface area (Å²) in [6.45, 7) is 3.53. The molecule has 0 radical (unpaired) electrons. The molecule has 2 rings (SSSR count). The van der Waals surface area contributed by atoms with Crippen molar-refractivity contribution in [3.8, 4) is 5.69 Å². The van der Waals surface area contributed by atoms with Gasteiger partial charge in [-0.3, -0.25) is 15.1 Å². The van der Waals surface area contributed by atoms with Crippen LogP contribution in [-0.4, -0.2) is 30.8 Å². The summed E-state index contributed by atoms with van der Waals surface area (Å²) in [4.78, 5) is 25.8. The Morgan fingerprint density at radius 3 is 2.67 bits per heavy atom. The molecule has 0 bridgehead atoms. The van der Waals surface area contributed by atoms with Crippen LogP contribution >= 0.6 is 0 Å². The van der Waals surface area contributed by atoms with Crippen molar-refractivity contribution in [1.82, 2.24) is 14.8 Å². The van der Waals surface area contributed by atoms with Gasteiger partial charge in [0.05, 0.1) is 10.6 Å². The summed E-state index contributed by atoms with van der Waals surface area (Å²) < 4.78 is 1.34. The van der Waals surface area contributed by atoms with Crippen LogP contribution in [0.4, 0.5) is 5.69 Å². The third-order valence-corrected chi connectivity index (χ3v) is 3.13. The van der Waals surface area contributed by atoms with E-state index in [1.807, 2.05) is 0 Å². The fourth-order valence-corrected chi connectivity index (χ4v) is 2.20. The second kappa shape index (κ2) is 5.70. The van der Waals surface area contributed by atoms with Crippen LogP contribution < -0.4 is 0 Å². The van der Waals surface area contributed by atoms with Gasteiger partial charge in [0, 0.05) is 12.4 Å². The molecular formula is C13H14N4O4. The highest BCUT2D eigenvalue weighted by molar-refractivity contribution is 5.91. The van der Waals surface area contributed by atoms with Crippen LogP contribution in [0.3, 0.4) is 0 Å². The molecule has 8 heteroatoms. The molecule has 2 heterocycles. The molecule has 110 valence electrons. The number of nitrogens with zero attached hydrogens (tertiary/aromatic N) is 4. The Labute approximate surface area is 120 Å².